The highest BCUT2D eigenvalue weighted by Gasteiger charge is 2.20. The number of aliphatic hydroxyl groups excluding tert-OH is 1. The maximum atomic E-state index is 10.9. The first-order valence-electron chi connectivity index (χ1n) is 5.46. The normalized spacial score (nSPS) is 11.3. The van der Waals surface area contributed by atoms with Crippen LogP contribution in [0, 0.1) is 22.5 Å². The molecule has 0 atom stereocenters. The molecule has 0 aliphatic rings. The number of nitrogens with zero attached hydrogens (tertiary/aromatic N) is 1. The lowest BCUT2D eigenvalue weighted by Crippen LogP contribution is -2.27. The number of hydrogen-bond donors (Lipinski definition) is 2. The van der Waals surface area contributed by atoms with E-state index in [1.54, 1.807) is 6.07 Å². The third kappa shape index (κ3) is 3.42. The van der Waals surface area contributed by atoms with Gasteiger partial charge >= 0.3 is 0 Å². The van der Waals surface area contributed by atoms with Crippen LogP contribution in [0.25, 0.3) is 0 Å². The smallest absolute Gasteiger partial charge is 0.292 e. The third-order valence-corrected chi connectivity index (χ3v) is 2.62. The predicted octanol–water partition coefficient (Wildman–Crippen LogP) is 2.33. The van der Waals surface area contributed by atoms with Gasteiger partial charge in [-0.3, -0.25) is 10.1 Å². The Labute approximate surface area is 101 Å². The van der Waals surface area contributed by atoms with Crippen molar-refractivity contribution in [1.82, 2.24) is 0 Å². The molecule has 17 heavy (non-hydrogen) atoms. The van der Waals surface area contributed by atoms with E-state index in [9.17, 15) is 10.1 Å². The fraction of sp³-hybridized carbons (Fsp3) is 0.500. The number of anilines is 1. The molecule has 0 aromatic heterocycles. The van der Waals surface area contributed by atoms with E-state index in [2.05, 4.69) is 5.32 Å². The van der Waals surface area contributed by atoms with E-state index in [1.807, 2.05) is 26.8 Å². The van der Waals surface area contributed by atoms with Crippen LogP contribution in [0.1, 0.15) is 19.4 Å². The minimum atomic E-state index is -0.402. The van der Waals surface area contributed by atoms with E-state index in [-0.39, 0.29) is 17.7 Å². The fourth-order valence-corrected chi connectivity index (χ4v) is 1.42. The average Bonchev–Trinajstić information content (AvgIpc) is 2.27. The topological polar surface area (TPSA) is 75.4 Å². The molecule has 0 saturated carbocycles. The summed E-state index contributed by atoms with van der Waals surface area (Å²) >= 11 is 0. The van der Waals surface area contributed by atoms with Crippen LogP contribution in [-0.2, 0) is 0 Å². The predicted molar refractivity (Wildman–Crippen MR) is 67.2 cm³/mol. The second-order valence-electron chi connectivity index (χ2n) is 4.90. The molecule has 1 rings (SSSR count). The summed E-state index contributed by atoms with van der Waals surface area (Å²) in [5, 5.41) is 23.1. The van der Waals surface area contributed by atoms with Gasteiger partial charge in [0.05, 0.1) is 4.92 Å². The van der Waals surface area contributed by atoms with Crippen molar-refractivity contribution in [2.45, 2.75) is 20.8 Å². The molecule has 0 radical (unpaired) electrons. The Morgan fingerprint density at radius 1 is 1.47 bits per heavy atom. The Bertz CT molecular complexity index is 416. The summed E-state index contributed by atoms with van der Waals surface area (Å²) in [4.78, 5) is 10.5. The Morgan fingerprint density at radius 2 is 2.12 bits per heavy atom. The lowest BCUT2D eigenvalue weighted by Gasteiger charge is -2.23. The van der Waals surface area contributed by atoms with E-state index in [4.69, 9.17) is 5.11 Å². The summed E-state index contributed by atoms with van der Waals surface area (Å²) in [6.07, 6.45) is 0. The summed E-state index contributed by atoms with van der Waals surface area (Å²) < 4.78 is 0. The number of benzene rings is 1. The first-order valence-corrected chi connectivity index (χ1v) is 5.46. The van der Waals surface area contributed by atoms with E-state index in [1.165, 1.54) is 6.07 Å². The van der Waals surface area contributed by atoms with Gasteiger partial charge in [-0.2, -0.15) is 0 Å². The number of nitro benzene ring substituents is 1. The van der Waals surface area contributed by atoms with Crippen LogP contribution in [0.3, 0.4) is 0 Å². The van der Waals surface area contributed by atoms with Gasteiger partial charge in [0.1, 0.15) is 5.69 Å². The van der Waals surface area contributed by atoms with Crippen LogP contribution in [-0.4, -0.2) is 23.2 Å². The standard InChI is InChI=1S/C12H18N2O3/c1-9-5-4-6-10(14(16)17)11(9)13-7-12(2,3)8-15/h4-6,13,15H,7-8H2,1-3H3. The number of rotatable bonds is 5. The van der Waals surface area contributed by atoms with Crippen molar-refractivity contribution in [3.8, 4) is 0 Å². The Hall–Kier alpha value is -1.62. The second kappa shape index (κ2) is 5.14. The molecule has 1 aromatic rings. The number of nitro groups is 1. The van der Waals surface area contributed by atoms with Crippen LogP contribution in [0.2, 0.25) is 0 Å². The average molecular weight is 238 g/mol. The highest BCUT2D eigenvalue weighted by Crippen LogP contribution is 2.28. The monoisotopic (exact) mass is 238 g/mol. The molecule has 2 N–H and O–H groups in total. The van der Waals surface area contributed by atoms with Crippen molar-refractivity contribution in [3.05, 3.63) is 33.9 Å². The molecule has 5 nitrogen and oxygen atoms in total. The van der Waals surface area contributed by atoms with Crippen molar-refractivity contribution in [3.63, 3.8) is 0 Å². The van der Waals surface area contributed by atoms with Gasteiger partial charge in [-0.1, -0.05) is 26.0 Å². The van der Waals surface area contributed by atoms with Crippen LogP contribution in [0.4, 0.5) is 11.4 Å². The SMILES string of the molecule is Cc1cccc([N+](=O)[O-])c1NCC(C)(C)CO. The van der Waals surface area contributed by atoms with Gasteiger partial charge in [-0.05, 0) is 12.5 Å². The van der Waals surface area contributed by atoms with Crippen molar-refractivity contribution >= 4 is 11.4 Å². The molecular weight excluding hydrogens is 220 g/mol. The van der Waals surface area contributed by atoms with Gasteiger partial charge in [0.15, 0.2) is 0 Å². The molecule has 0 bridgehead atoms. The van der Waals surface area contributed by atoms with Gasteiger partial charge in [0.2, 0.25) is 0 Å². The van der Waals surface area contributed by atoms with Crippen LogP contribution < -0.4 is 5.32 Å². The van der Waals surface area contributed by atoms with E-state index in [0.717, 1.165) is 5.56 Å². The molecule has 0 fully saturated rings. The highest BCUT2D eigenvalue weighted by atomic mass is 16.6. The van der Waals surface area contributed by atoms with Gasteiger partial charge in [-0.15, -0.1) is 0 Å². The molecule has 94 valence electrons. The first kappa shape index (κ1) is 13.4. The van der Waals surface area contributed by atoms with Crippen LogP contribution >= 0.6 is 0 Å². The first-order chi connectivity index (χ1) is 7.87. The molecule has 0 amide bonds. The molecule has 0 saturated heterocycles. The Balaban J connectivity index is 2.94. The highest BCUT2D eigenvalue weighted by molar-refractivity contribution is 5.66. The number of aryl methyl sites for hydroxylation is 1. The number of para-hydroxylation sites is 1. The maximum Gasteiger partial charge on any atom is 0.292 e. The minimum Gasteiger partial charge on any atom is -0.396 e. The second-order valence-corrected chi connectivity index (χ2v) is 4.90. The zero-order valence-corrected chi connectivity index (χ0v) is 10.4. The number of aliphatic hydroxyl groups is 1. The van der Waals surface area contributed by atoms with Crippen molar-refractivity contribution in [1.29, 1.82) is 0 Å². The van der Waals surface area contributed by atoms with Gasteiger partial charge in [0, 0.05) is 24.6 Å². The zero-order chi connectivity index (χ0) is 13.1. The summed E-state index contributed by atoms with van der Waals surface area (Å²) in [7, 11) is 0. The molecule has 1 aromatic carbocycles. The van der Waals surface area contributed by atoms with E-state index >= 15 is 0 Å². The molecule has 5 heteroatoms. The van der Waals surface area contributed by atoms with E-state index in [0.29, 0.717) is 12.2 Å². The summed E-state index contributed by atoms with van der Waals surface area (Å²) in [6, 6.07) is 4.96. The molecule has 0 heterocycles. The summed E-state index contributed by atoms with van der Waals surface area (Å²) in [5.41, 5.74) is 1.11. The van der Waals surface area contributed by atoms with Gasteiger partial charge in [-0.25, -0.2) is 0 Å². The molecule has 0 unspecified atom stereocenters. The van der Waals surface area contributed by atoms with Gasteiger partial charge < -0.3 is 10.4 Å². The lowest BCUT2D eigenvalue weighted by molar-refractivity contribution is -0.384. The third-order valence-electron chi connectivity index (χ3n) is 2.62. The molecule has 0 aliphatic carbocycles. The zero-order valence-electron chi connectivity index (χ0n) is 10.4. The fourth-order valence-electron chi connectivity index (χ4n) is 1.42. The minimum absolute atomic E-state index is 0.0275. The Morgan fingerprint density at radius 3 is 2.65 bits per heavy atom. The Kier molecular flexibility index (Phi) is 4.07. The summed E-state index contributed by atoms with van der Waals surface area (Å²) in [6.45, 7) is 6.12. The largest absolute Gasteiger partial charge is 0.396 e. The summed E-state index contributed by atoms with van der Waals surface area (Å²) in [5.74, 6) is 0. The maximum absolute atomic E-state index is 10.9. The van der Waals surface area contributed by atoms with Crippen LogP contribution in [0.15, 0.2) is 18.2 Å². The molecule has 0 spiro atoms. The van der Waals surface area contributed by atoms with Gasteiger partial charge in [0.25, 0.3) is 5.69 Å². The molecular formula is C12H18N2O3. The van der Waals surface area contributed by atoms with E-state index < -0.39 is 4.92 Å². The molecule has 0 aliphatic heterocycles. The quantitative estimate of drug-likeness (QED) is 0.609. The van der Waals surface area contributed by atoms with Crippen molar-refractivity contribution in [2.75, 3.05) is 18.5 Å². The van der Waals surface area contributed by atoms with Crippen LogP contribution in [0.5, 0.6) is 0 Å². The lowest BCUT2D eigenvalue weighted by atomic mass is 9.94. The number of nitrogens with one attached hydrogen (secondary N) is 1. The van der Waals surface area contributed by atoms with Crippen molar-refractivity contribution < 1.29 is 10.0 Å². The van der Waals surface area contributed by atoms with Crippen molar-refractivity contribution in [2.24, 2.45) is 5.41 Å². The number of hydrogen-bond acceptors (Lipinski definition) is 4.